The number of fused-ring (bicyclic) bond motifs is 1. The summed E-state index contributed by atoms with van der Waals surface area (Å²) in [6.45, 7) is 3.30. The lowest BCUT2D eigenvalue weighted by atomic mass is 10.0. The van der Waals surface area contributed by atoms with E-state index in [1.807, 2.05) is 31.2 Å². The van der Waals surface area contributed by atoms with Crippen molar-refractivity contribution < 1.29 is 43.2 Å². The fourth-order valence-corrected chi connectivity index (χ4v) is 8.15. The van der Waals surface area contributed by atoms with Crippen molar-refractivity contribution in [3.63, 3.8) is 0 Å². The van der Waals surface area contributed by atoms with Gasteiger partial charge in [0, 0.05) is 56.4 Å². The number of unbranched alkanes of at least 4 members (excludes halogenated alkanes) is 2. The first kappa shape index (κ1) is 57.0. The highest BCUT2D eigenvalue weighted by Crippen LogP contribution is 2.19. The zero-order chi connectivity index (χ0) is 52.6. The van der Waals surface area contributed by atoms with Crippen molar-refractivity contribution in [3.8, 4) is 0 Å². The summed E-state index contributed by atoms with van der Waals surface area (Å²) in [5.41, 5.74) is 24.8. The highest BCUT2D eigenvalue weighted by molar-refractivity contribution is 5.98. The van der Waals surface area contributed by atoms with Crippen LogP contribution < -0.4 is 65.5 Å². The molecule has 2 heterocycles. The second kappa shape index (κ2) is 29.6. The smallest absolute Gasteiger partial charge is 0.243 e. The molecule has 2 aromatic carbocycles. The number of aromatic nitrogens is 1. The van der Waals surface area contributed by atoms with Gasteiger partial charge in [-0.2, -0.15) is 0 Å². The van der Waals surface area contributed by atoms with Gasteiger partial charge in [0.15, 0.2) is 5.96 Å². The normalized spacial score (nSPS) is 20.3. The van der Waals surface area contributed by atoms with Crippen molar-refractivity contribution in [2.24, 2.45) is 27.9 Å². The van der Waals surface area contributed by atoms with Crippen LogP contribution in [-0.2, 0) is 56.0 Å². The third-order valence-corrected chi connectivity index (χ3v) is 12.1. The number of carbonyl (C=O) groups excluding carboxylic acids is 9. The summed E-state index contributed by atoms with van der Waals surface area (Å²) < 4.78 is 0. The van der Waals surface area contributed by atoms with Gasteiger partial charge >= 0.3 is 0 Å². The molecule has 23 heteroatoms. The predicted molar refractivity (Wildman–Crippen MR) is 270 cm³/mol. The first-order valence-electron chi connectivity index (χ1n) is 24.5. The molecule has 1 aliphatic heterocycles. The molecule has 23 nitrogen and oxygen atoms in total. The van der Waals surface area contributed by atoms with E-state index in [9.17, 15) is 43.2 Å². The lowest BCUT2D eigenvalue weighted by molar-refractivity contribution is -0.136. The van der Waals surface area contributed by atoms with E-state index >= 15 is 0 Å². The van der Waals surface area contributed by atoms with E-state index in [2.05, 4.69) is 52.5 Å². The number of para-hydroxylation sites is 1. The van der Waals surface area contributed by atoms with Crippen LogP contribution in [0.15, 0.2) is 65.8 Å². The largest absolute Gasteiger partial charge is 0.370 e. The number of H-pyrrole nitrogens is 1. The molecular weight excluding hydrogens is 929 g/mol. The molecule has 1 aromatic heterocycles. The van der Waals surface area contributed by atoms with Crippen LogP contribution in [0.1, 0.15) is 95.6 Å². The highest BCUT2D eigenvalue weighted by Gasteiger charge is 2.35. The Bertz CT molecular complexity index is 2360. The number of benzene rings is 2. The molecule has 0 radical (unpaired) electrons. The predicted octanol–water partition coefficient (Wildman–Crippen LogP) is -1.48. The Labute approximate surface area is 418 Å². The third kappa shape index (κ3) is 19.0. The summed E-state index contributed by atoms with van der Waals surface area (Å²) in [4.78, 5) is 131. The molecule has 392 valence electrons. The van der Waals surface area contributed by atoms with Gasteiger partial charge in [0.1, 0.15) is 42.3 Å². The van der Waals surface area contributed by atoms with Crippen LogP contribution in [-0.4, -0.2) is 126 Å². The van der Waals surface area contributed by atoms with Crippen molar-refractivity contribution in [3.05, 3.63) is 71.9 Å². The lowest BCUT2D eigenvalue weighted by Crippen LogP contribution is -2.60. The van der Waals surface area contributed by atoms with Crippen molar-refractivity contribution in [2.45, 2.75) is 140 Å². The van der Waals surface area contributed by atoms with Crippen LogP contribution in [0.5, 0.6) is 0 Å². The maximum Gasteiger partial charge on any atom is 0.243 e. The second-order valence-corrected chi connectivity index (χ2v) is 17.8. The van der Waals surface area contributed by atoms with Crippen LogP contribution in [0.25, 0.3) is 10.9 Å². The molecule has 0 aliphatic carbocycles. The Kier molecular flexibility index (Phi) is 23.4. The maximum absolute atomic E-state index is 14.5. The number of nitrogens with zero attached hydrogens (tertiary/aromatic N) is 1. The summed E-state index contributed by atoms with van der Waals surface area (Å²) in [6, 6.07) is 7.06. The molecule has 7 atom stereocenters. The van der Waals surface area contributed by atoms with Gasteiger partial charge in [0.05, 0.1) is 0 Å². The Hall–Kier alpha value is -7.56. The minimum absolute atomic E-state index is 0.0101. The van der Waals surface area contributed by atoms with Crippen LogP contribution in [0, 0.1) is 0 Å². The number of amides is 9. The van der Waals surface area contributed by atoms with E-state index in [0.717, 1.165) is 10.9 Å². The van der Waals surface area contributed by atoms with E-state index in [-0.39, 0.29) is 83.4 Å². The van der Waals surface area contributed by atoms with Crippen LogP contribution in [0.3, 0.4) is 0 Å². The Balaban J connectivity index is 1.75. The average Bonchev–Trinajstić information content (AvgIpc) is 3.75. The molecule has 4 rings (SSSR count). The zero-order valence-electron chi connectivity index (χ0n) is 41.1. The average molecular weight is 1000 g/mol. The molecule has 1 aliphatic rings. The van der Waals surface area contributed by atoms with Crippen LogP contribution in [0.2, 0.25) is 0 Å². The third-order valence-electron chi connectivity index (χ3n) is 12.1. The number of guanidine groups is 1. The van der Waals surface area contributed by atoms with Gasteiger partial charge < -0.3 is 70.5 Å². The SMILES string of the molecule is CCCC[C@H](NC(C)=O)C(=O)N[C@H]1CCC(=O)NCCC(C(=O)N[C@@H](Cc2c[nH]c3ccccc23)C(N)=O)NC(=O)[C@H](CCCN=C(N)N)NC(=O)[C@@H](Cc2ccccc2)NC(=O)[C@H](CCCCN)NC1=O. The first-order valence-corrected chi connectivity index (χ1v) is 24.5. The van der Waals surface area contributed by atoms with Gasteiger partial charge in [0.2, 0.25) is 53.2 Å². The van der Waals surface area contributed by atoms with Gasteiger partial charge in [-0.15, -0.1) is 0 Å². The molecule has 17 N–H and O–H groups in total. The van der Waals surface area contributed by atoms with E-state index in [1.165, 1.54) is 6.92 Å². The number of rotatable bonds is 21. The zero-order valence-corrected chi connectivity index (χ0v) is 41.1. The van der Waals surface area contributed by atoms with E-state index < -0.39 is 95.5 Å². The summed E-state index contributed by atoms with van der Waals surface area (Å²) in [6.07, 6.45) is 3.37. The molecule has 1 saturated heterocycles. The number of nitrogens with two attached hydrogens (primary N) is 4. The highest BCUT2D eigenvalue weighted by atomic mass is 16.2. The summed E-state index contributed by atoms with van der Waals surface area (Å²) >= 11 is 0. The second-order valence-electron chi connectivity index (χ2n) is 17.8. The van der Waals surface area contributed by atoms with E-state index in [0.29, 0.717) is 36.8 Å². The molecule has 0 bridgehead atoms. The Morgan fingerprint density at radius 2 is 1.40 bits per heavy atom. The summed E-state index contributed by atoms with van der Waals surface area (Å²) in [5.74, 6) is -6.84. The molecule has 9 amide bonds. The number of carbonyl (C=O) groups is 9. The number of hydrogen-bond donors (Lipinski definition) is 13. The van der Waals surface area contributed by atoms with Gasteiger partial charge in [-0.05, 0) is 75.1 Å². The molecule has 1 fully saturated rings. The number of aromatic amines is 1. The van der Waals surface area contributed by atoms with Crippen LogP contribution >= 0.6 is 0 Å². The molecule has 3 aromatic rings. The topological polar surface area (TPSA) is 382 Å². The standard InChI is InChI=1S/C49H72N14O9/c1-3-4-16-34(57-29(2)64)43(67)60-37-20-21-41(65)54-25-22-38(47(71)62-39(42(51)66)27-31-28-56-33-17-9-8-15-32(31)33)61-44(68)36(19-12-24-55-49(52)53)59-48(72)40(26-30-13-6-5-7-14-30)63-45(69)35(58-46(37)70)18-10-11-23-50/h5-9,13-15,17,28,34-40,56H,3-4,10-12,16,18-27,50H2,1-2H3,(H2,51,66)(H,54,65)(H,57,64)(H,58,70)(H,59,72)(H,60,67)(H,61,68)(H,62,71)(H,63,69)(H4,52,53,55)/t34-,35-,36-,37-,38?,39-,40+/m0/s1. The van der Waals surface area contributed by atoms with Crippen molar-refractivity contribution in [2.75, 3.05) is 19.6 Å². The molecule has 0 saturated carbocycles. The fraction of sp³-hybridized carbons (Fsp3) is 0.510. The maximum atomic E-state index is 14.5. The van der Waals surface area contributed by atoms with Crippen LogP contribution in [0.4, 0.5) is 0 Å². The number of nitrogens with one attached hydrogen (secondary N) is 9. The summed E-state index contributed by atoms with van der Waals surface area (Å²) in [7, 11) is 0. The van der Waals surface area contributed by atoms with E-state index in [4.69, 9.17) is 22.9 Å². The molecule has 1 unspecified atom stereocenters. The Morgan fingerprint density at radius 1 is 0.750 bits per heavy atom. The number of hydrogen-bond acceptors (Lipinski definition) is 11. The van der Waals surface area contributed by atoms with Gasteiger partial charge in [-0.25, -0.2) is 0 Å². The number of aliphatic imine (C=N–C) groups is 1. The minimum atomic E-state index is -1.43. The molecule has 0 spiro atoms. The quantitative estimate of drug-likeness (QED) is 0.0331. The fourth-order valence-electron chi connectivity index (χ4n) is 8.15. The minimum Gasteiger partial charge on any atom is -0.370 e. The first-order chi connectivity index (χ1) is 34.5. The monoisotopic (exact) mass is 1000 g/mol. The van der Waals surface area contributed by atoms with Gasteiger partial charge in [-0.3, -0.25) is 48.1 Å². The van der Waals surface area contributed by atoms with E-state index in [1.54, 1.807) is 36.5 Å². The van der Waals surface area contributed by atoms with Crippen molar-refractivity contribution in [1.29, 1.82) is 0 Å². The Morgan fingerprint density at radius 3 is 2.08 bits per heavy atom. The summed E-state index contributed by atoms with van der Waals surface area (Å²) in [5, 5.41) is 22.3. The van der Waals surface area contributed by atoms with Crippen molar-refractivity contribution >= 4 is 70.0 Å². The number of primary amides is 1. The van der Waals surface area contributed by atoms with Gasteiger partial charge in [0.25, 0.3) is 0 Å². The molecular formula is C49H72N14O9. The lowest BCUT2D eigenvalue weighted by Gasteiger charge is -2.28. The van der Waals surface area contributed by atoms with Gasteiger partial charge in [-0.1, -0.05) is 68.3 Å². The van der Waals surface area contributed by atoms with Crippen molar-refractivity contribution in [1.82, 2.24) is 47.5 Å². The molecule has 72 heavy (non-hydrogen) atoms.